The highest BCUT2D eigenvalue weighted by atomic mass is 32.1. The van der Waals surface area contributed by atoms with E-state index in [0.29, 0.717) is 13.2 Å². The van der Waals surface area contributed by atoms with Crippen LogP contribution in [0.1, 0.15) is 4.88 Å². The zero-order valence-corrected chi connectivity index (χ0v) is 13.7. The normalized spacial score (nSPS) is 13.4. The average Bonchev–Trinajstić information content (AvgIpc) is 3.26. The molecule has 0 unspecified atom stereocenters. The number of nitrogens with zero attached hydrogens (tertiary/aromatic N) is 2. The van der Waals surface area contributed by atoms with E-state index in [0.717, 1.165) is 32.8 Å². The van der Waals surface area contributed by atoms with E-state index in [-0.39, 0.29) is 0 Å². The van der Waals surface area contributed by atoms with Gasteiger partial charge < -0.3 is 9.47 Å². The van der Waals surface area contributed by atoms with Crippen LogP contribution in [0, 0.1) is 0 Å². The third kappa shape index (κ3) is 3.20. The van der Waals surface area contributed by atoms with Crippen molar-refractivity contribution < 1.29 is 9.47 Å². The standard InChI is InChI=1S/C16H13N3O2S2/c1-2-12(22-7-1)9-17-19-16-18-13(10-23-16)11-3-4-14-15(8-11)21-6-5-20-14/h1-4,7-10H,5-6H2,(H,18,19). The molecule has 116 valence electrons. The van der Waals surface area contributed by atoms with Gasteiger partial charge in [-0.3, -0.25) is 5.43 Å². The summed E-state index contributed by atoms with van der Waals surface area (Å²) in [6, 6.07) is 9.88. The minimum Gasteiger partial charge on any atom is -0.486 e. The second kappa shape index (κ2) is 6.39. The Morgan fingerprint density at radius 3 is 2.91 bits per heavy atom. The van der Waals surface area contributed by atoms with E-state index in [1.54, 1.807) is 17.6 Å². The lowest BCUT2D eigenvalue weighted by Crippen LogP contribution is -2.15. The first kappa shape index (κ1) is 14.2. The maximum atomic E-state index is 5.61. The third-order valence-electron chi connectivity index (χ3n) is 3.24. The predicted molar refractivity (Wildman–Crippen MR) is 94.1 cm³/mol. The summed E-state index contributed by atoms with van der Waals surface area (Å²) in [6.45, 7) is 1.18. The highest BCUT2D eigenvalue weighted by molar-refractivity contribution is 7.14. The van der Waals surface area contributed by atoms with Crippen LogP contribution in [0.3, 0.4) is 0 Å². The third-order valence-corrected chi connectivity index (χ3v) is 4.79. The van der Waals surface area contributed by atoms with Gasteiger partial charge in [0.2, 0.25) is 5.13 Å². The SMILES string of the molecule is C(=NNc1nc(-c2ccc3c(c2)OCCO3)cs1)c1cccs1. The van der Waals surface area contributed by atoms with Gasteiger partial charge in [0.15, 0.2) is 11.5 Å². The smallest absolute Gasteiger partial charge is 0.203 e. The van der Waals surface area contributed by atoms with Gasteiger partial charge in [0, 0.05) is 15.8 Å². The van der Waals surface area contributed by atoms with E-state index in [9.17, 15) is 0 Å². The number of hydrogen-bond acceptors (Lipinski definition) is 7. The Hall–Kier alpha value is -2.38. The molecule has 2 aromatic heterocycles. The molecular formula is C16H13N3O2S2. The number of aromatic nitrogens is 1. The van der Waals surface area contributed by atoms with E-state index in [1.807, 2.05) is 41.1 Å². The van der Waals surface area contributed by atoms with Crippen LogP contribution in [0.2, 0.25) is 0 Å². The van der Waals surface area contributed by atoms with Crippen LogP contribution in [-0.4, -0.2) is 24.4 Å². The number of fused-ring (bicyclic) bond motifs is 1. The Kier molecular flexibility index (Phi) is 3.95. The summed E-state index contributed by atoms with van der Waals surface area (Å²) in [4.78, 5) is 5.65. The minimum atomic E-state index is 0.581. The molecule has 3 heterocycles. The van der Waals surface area contributed by atoms with Gasteiger partial charge in [-0.15, -0.1) is 22.7 Å². The molecule has 0 atom stereocenters. The monoisotopic (exact) mass is 343 g/mol. The molecule has 0 aliphatic carbocycles. The summed E-state index contributed by atoms with van der Waals surface area (Å²) in [5, 5.41) is 8.97. The maximum absolute atomic E-state index is 5.61. The molecule has 5 nitrogen and oxygen atoms in total. The van der Waals surface area contributed by atoms with Crippen molar-refractivity contribution in [3.63, 3.8) is 0 Å². The number of nitrogens with one attached hydrogen (secondary N) is 1. The van der Waals surface area contributed by atoms with Crippen molar-refractivity contribution in [1.29, 1.82) is 0 Å². The quantitative estimate of drug-likeness (QED) is 0.573. The number of anilines is 1. The molecule has 0 spiro atoms. The second-order valence-electron chi connectivity index (χ2n) is 4.78. The maximum Gasteiger partial charge on any atom is 0.203 e. The summed E-state index contributed by atoms with van der Waals surface area (Å²) in [5.41, 5.74) is 4.85. The number of thiazole rings is 1. The van der Waals surface area contributed by atoms with Gasteiger partial charge in [0.05, 0.1) is 11.9 Å². The zero-order chi connectivity index (χ0) is 15.5. The van der Waals surface area contributed by atoms with E-state index in [4.69, 9.17) is 9.47 Å². The molecule has 0 saturated heterocycles. The van der Waals surface area contributed by atoms with Gasteiger partial charge in [-0.05, 0) is 29.6 Å². The first-order chi connectivity index (χ1) is 11.4. The Labute approximate surface area is 141 Å². The van der Waals surface area contributed by atoms with Crippen LogP contribution in [0.15, 0.2) is 46.2 Å². The molecule has 1 aliphatic heterocycles. The number of rotatable bonds is 4. The van der Waals surface area contributed by atoms with E-state index in [2.05, 4.69) is 15.5 Å². The van der Waals surface area contributed by atoms with Gasteiger partial charge >= 0.3 is 0 Å². The summed E-state index contributed by atoms with van der Waals surface area (Å²) >= 11 is 3.16. The van der Waals surface area contributed by atoms with Crippen molar-refractivity contribution in [2.45, 2.75) is 0 Å². The fourth-order valence-corrected chi connectivity index (χ4v) is 3.43. The molecule has 7 heteroatoms. The molecule has 3 aromatic rings. The largest absolute Gasteiger partial charge is 0.486 e. The zero-order valence-electron chi connectivity index (χ0n) is 12.1. The molecule has 1 aliphatic rings. The van der Waals surface area contributed by atoms with Gasteiger partial charge in [0.1, 0.15) is 13.2 Å². The minimum absolute atomic E-state index is 0.581. The van der Waals surface area contributed by atoms with Gasteiger partial charge in [0.25, 0.3) is 0 Å². The number of benzene rings is 1. The van der Waals surface area contributed by atoms with Crippen LogP contribution in [0.5, 0.6) is 11.5 Å². The highest BCUT2D eigenvalue weighted by Crippen LogP contribution is 2.35. The number of ether oxygens (including phenoxy) is 2. The Bertz CT molecular complexity index is 828. The molecule has 1 aromatic carbocycles. The van der Waals surface area contributed by atoms with Crippen molar-refractivity contribution in [1.82, 2.24) is 4.98 Å². The Morgan fingerprint density at radius 1 is 1.13 bits per heavy atom. The first-order valence-electron chi connectivity index (χ1n) is 7.06. The van der Waals surface area contributed by atoms with Crippen LogP contribution < -0.4 is 14.9 Å². The lowest BCUT2D eigenvalue weighted by atomic mass is 10.1. The number of hydrogen-bond donors (Lipinski definition) is 1. The molecule has 0 amide bonds. The van der Waals surface area contributed by atoms with Crippen LogP contribution in [0.4, 0.5) is 5.13 Å². The lowest BCUT2D eigenvalue weighted by molar-refractivity contribution is 0.171. The van der Waals surface area contributed by atoms with Crippen molar-refractivity contribution in [3.05, 3.63) is 46.0 Å². The summed E-state index contributed by atoms with van der Waals surface area (Å²) < 4.78 is 11.1. The summed E-state index contributed by atoms with van der Waals surface area (Å²) in [6.07, 6.45) is 1.79. The van der Waals surface area contributed by atoms with Crippen LogP contribution in [0.25, 0.3) is 11.3 Å². The number of thiophene rings is 1. The molecule has 0 radical (unpaired) electrons. The summed E-state index contributed by atoms with van der Waals surface area (Å²) in [5.74, 6) is 1.56. The molecule has 0 fully saturated rings. The molecule has 0 bridgehead atoms. The Balaban J connectivity index is 1.49. The Morgan fingerprint density at radius 2 is 2.04 bits per heavy atom. The lowest BCUT2D eigenvalue weighted by Gasteiger charge is -2.18. The topological polar surface area (TPSA) is 55.7 Å². The van der Waals surface area contributed by atoms with Crippen molar-refractivity contribution in [2.24, 2.45) is 5.10 Å². The number of hydrazone groups is 1. The van der Waals surface area contributed by atoms with Crippen molar-refractivity contribution in [3.8, 4) is 22.8 Å². The van der Waals surface area contributed by atoms with Gasteiger partial charge in [-0.2, -0.15) is 5.10 Å². The highest BCUT2D eigenvalue weighted by Gasteiger charge is 2.13. The fraction of sp³-hybridized carbons (Fsp3) is 0.125. The predicted octanol–water partition coefficient (Wildman–Crippen LogP) is 4.09. The summed E-state index contributed by atoms with van der Waals surface area (Å²) in [7, 11) is 0. The molecular weight excluding hydrogens is 330 g/mol. The van der Waals surface area contributed by atoms with Crippen LogP contribution >= 0.6 is 22.7 Å². The van der Waals surface area contributed by atoms with Gasteiger partial charge in [-0.25, -0.2) is 4.98 Å². The van der Waals surface area contributed by atoms with Crippen LogP contribution in [-0.2, 0) is 0 Å². The van der Waals surface area contributed by atoms with Crippen molar-refractivity contribution >= 4 is 34.0 Å². The molecule has 4 rings (SSSR count). The van der Waals surface area contributed by atoms with E-state index < -0.39 is 0 Å². The first-order valence-corrected chi connectivity index (χ1v) is 8.82. The van der Waals surface area contributed by atoms with Crippen molar-refractivity contribution in [2.75, 3.05) is 18.6 Å². The van der Waals surface area contributed by atoms with E-state index >= 15 is 0 Å². The second-order valence-corrected chi connectivity index (χ2v) is 6.62. The fourth-order valence-electron chi connectivity index (χ4n) is 2.18. The average molecular weight is 343 g/mol. The molecule has 23 heavy (non-hydrogen) atoms. The van der Waals surface area contributed by atoms with Gasteiger partial charge in [-0.1, -0.05) is 6.07 Å². The molecule has 0 saturated carbocycles. The molecule has 1 N–H and O–H groups in total. The van der Waals surface area contributed by atoms with E-state index in [1.165, 1.54) is 11.3 Å².